The number of fused-ring (bicyclic) bond motifs is 4. The number of carbonyl (C=O) groups excluding carboxylic acids is 1. The highest BCUT2D eigenvalue weighted by atomic mass is 19.2. The highest BCUT2D eigenvalue weighted by Gasteiger charge is 2.44. The molecule has 0 saturated carbocycles. The Morgan fingerprint density at radius 3 is 2.51 bits per heavy atom. The molecule has 1 aromatic heterocycles. The molecule has 0 saturated heterocycles. The van der Waals surface area contributed by atoms with Gasteiger partial charge in [0.05, 0.1) is 18.2 Å². The van der Waals surface area contributed by atoms with Crippen LogP contribution in [0.1, 0.15) is 45.2 Å². The lowest BCUT2D eigenvalue weighted by Gasteiger charge is -2.50. The molecule has 0 fully saturated rings. The number of halogens is 2. The van der Waals surface area contributed by atoms with E-state index in [1.54, 1.807) is 36.3 Å². The van der Waals surface area contributed by atoms with E-state index in [0.29, 0.717) is 11.1 Å². The van der Waals surface area contributed by atoms with Gasteiger partial charge in [-0.15, -0.1) is 0 Å². The zero-order valence-corrected chi connectivity index (χ0v) is 22.0. The van der Waals surface area contributed by atoms with Crippen LogP contribution in [0.4, 0.5) is 8.78 Å². The molecule has 0 N–H and O–H groups in total. The van der Waals surface area contributed by atoms with E-state index >= 15 is 0 Å². The average Bonchev–Trinajstić information content (AvgIpc) is 2.98. The molecule has 3 heterocycles. The molecule has 0 radical (unpaired) electrons. The van der Waals surface area contributed by atoms with Crippen molar-refractivity contribution >= 4 is 5.91 Å². The normalized spacial score (nSPS) is 17.8. The van der Waals surface area contributed by atoms with Gasteiger partial charge in [-0.05, 0) is 23.3 Å². The molecule has 0 aliphatic carbocycles. The first-order valence-electron chi connectivity index (χ1n) is 13.0. The van der Waals surface area contributed by atoms with Gasteiger partial charge in [0.25, 0.3) is 5.91 Å². The van der Waals surface area contributed by atoms with E-state index in [-0.39, 0.29) is 42.4 Å². The molecule has 2 aliphatic heterocycles. The molecule has 6 rings (SSSR count). The maximum Gasteiger partial charge on any atom is 0.277 e. The van der Waals surface area contributed by atoms with Crippen molar-refractivity contribution in [2.24, 2.45) is 0 Å². The predicted molar refractivity (Wildman–Crippen MR) is 145 cm³/mol. The lowest BCUT2D eigenvalue weighted by molar-refractivity contribution is 0.0569. The van der Waals surface area contributed by atoms with Gasteiger partial charge < -0.3 is 14.4 Å². The van der Waals surface area contributed by atoms with Gasteiger partial charge in [0.15, 0.2) is 23.1 Å². The number of ether oxygens (including phenoxy) is 2. The molecule has 2 atom stereocenters. The lowest BCUT2D eigenvalue weighted by atomic mass is 9.92. The summed E-state index contributed by atoms with van der Waals surface area (Å²) in [7, 11) is 1.60. The van der Waals surface area contributed by atoms with Gasteiger partial charge in [-0.1, -0.05) is 48.5 Å². The first-order valence-corrected chi connectivity index (χ1v) is 13.0. The van der Waals surface area contributed by atoms with E-state index in [1.807, 2.05) is 30.3 Å². The Morgan fingerprint density at radius 2 is 1.73 bits per heavy atom. The molecular weight excluding hydrogens is 530 g/mol. The van der Waals surface area contributed by atoms with Gasteiger partial charge in [0.2, 0.25) is 5.43 Å². The molecule has 206 valence electrons. The fourth-order valence-corrected chi connectivity index (χ4v) is 5.46. The van der Waals surface area contributed by atoms with E-state index in [9.17, 15) is 23.6 Å². The second-order valence-corrected chi connectivity index (χ2v) is 9.80. The van der Waals surface area contributed by atoms with Gasteiger partial charge in [-0.3, -0.25) is 19.3 Å². The number of benzene rings is 3. The van der Waals surface area contributed by atoms with Gasteiger partial charge in [-0.25, -0.2) is 8.78 Å². The highest BCUT2D eigenvalue weighted by Crippen LogP contribution is 2.42. The third-order valence-corrected chi connectivity index (χ3v) is 7.41. The topological polar surface area (TPSA) is 87.8 Å². The Hall–Kier alpha value is -5.17. The van der Waals surface area contributed by atoms with Crippen molar-refractivity contribution in [1.29, 1.82) is 5.26 Å². The molecule has 2 aliphatic rings. The van der Waals surface area contributed by atoms with Crippen molar-refractivity contribution in [3.8, 4) is 17.6 Å². The molecule has 41 heavy (non-hydrogen) atoms. The van der Waals surface area contributed by atoms with Crippen LogP contribution in [0.2, 0.25) is 0 Å². The number of aromatic nitrogens is 1. The highest BCUT2D eigenvalue weighted by molar-refractivity contribution is 5.96. The van der Waals surface area contributed by atoms with Crippen LogP contribution in [-0.4, -0.2) is 35.3 Å². The van der Waals surface area contributed by atoms with E-state index in [0.717, 1.165) is 17.7 Å². The molecule has 0 spiro atoms. The molecule has 3 aromatic carbocycles. The minimum absolute atomic E-state index is 0.0164. The van der Waals surface area contributed by atoms with E-state index in [2.05, 4.69) is 6.07 Å². The van der Waals surface area contributed by atoms with Crippen LogP contribution < -0.4 is 19.9 Å². The Morgan fingerprint density at radius 1 is 1.00 bits per heavy atom. The third kappa shape index (κ3) is 4.45. The van der Waals surface area contributed by atoms with Crippen LogP contribution in [0.3, 0.4) is 0 Å². The fourth-order valence-electron chi connectivity index (χ4n) is 5.46. The standard InChI is InChI=1S/C31H24F2N4O4/c1-35-27-12-14-40-26-16-24(33)23(32)15-22(26)28(21-10-6-5-9-20(21)17-34)37(27)36-13-11-25(38)30(29(36)31(35)39)41-18-19-7-3-2-4-8-19/h2-11,13,15-16,27-28H,12,14,18H2,1H3/t27-,28?/m0/s1. The number of carbonyl (C=O) groups is 1. The number of hydrogen-bond donors (Lipinski definition) is 0. The first-order chi connectivity index (χ1) is 19.9. The summed E-state index contributed by atoms with van der Waals surface area (Å²) < 4.78 is 42.6. The quantitative estimate of drug-likeness (QED) is 0.369. The summed E-state index contributed by atoms with van der Waals surface area (Å²) in [5.74, 6) is -2.63. The molecular formula is C31H24F2N4O4. The summed E-state index contributed by atoms with van der Waals surface area (Å²) in [4.78, 5) is 28.4. The number of pyridine rings is 1. The Balaban J connectivity index is 1.60. The van der Waals surface area contributed by atoms with Crippen molar-refractivity contribution in [3.63, 3.8) is 0 Å². The van der Waals surface area contributed by atoms with Crippen molar-refractivity contribution in [2.75, 3.05) is 18.7 Å². The maximum absolute atomic E-state index is 14.8. The maximum atomic E-state index is 14.8. The zero-order chi connectivity index (χ0) is 28.7. The van der Waals surface area contributed by atoms with Gasteiger partial charge in [-0.2, -0.15) is 5.26 Å². The summed E-state index contributed by atoms with van der Waals surface area (Å²) in [6.45, 7) is 0.145. The lowest BCUT2D eigenvalue weighted by Crippen LogP contribution is -2.62. The van der Waals surface area contributed by atoms with E-state index < -0.39 is 35.2 Å². The fraction of sp³-hybridized carbons (Fsp3) is 0.194. The van der Waals surface area contributed by atoms with Crippen LogP contribution in [0, 0.1) is 23.0 Å². The number of nitrogens with zero attached hydrogens (tertiary/aromatic N) is 4. The van der Waals surface area contributed by atoms with E-state index in [4.69, 9.17) is 9.47 Å². The van der Waals surface area contributed by atoms with Crippen LogP contribution in [-0.2, 0) is 6.61 Å². The van der Waals surface area contributed by atoms with Crippen molar-refractivity contribution in [1.82, 2.24) is 9.58 Å². The SMILES string of the molecule is CN1C(=O)c2c(OCc3ccccc3)c(=O)ccn2N2C(c3ccccc3C#N)c3cc(F)c(F)cc3OCC[C@@H]12. The van der Waals surface area contributed by atoms with Crippen LogP contribution in [0.15, 0.2) is 83.8 Å². The summed E-state index contributed by atoms with van der Waals surface area (Å²) in [6, 6.07) is 20.6. The largest absolute Gasteiger partial charge is 0.493 e. The monoisotopic (exact) mass is 554 g/mol. The van der Waals surface area contributed by atoms with Crippen molar-refractivity contribution in [2.45, 2.75) is 25.2 Å². The number of amides is 1. The third-order valence-electron chi connectivity index (χ3n) is 7.41. The molecule has 1 amide bonds. The molecule has 0 bridgehead atoms. The summed E-state index contributed by atoms with van der Waals surface area (Å²) in [5.41, 5.74) is 1.35. The first kappa shape index (κ1) is 26.1. The average molecular weight is 555 g/mol. The van der Waals surface area contributed by atoms with Crippen molar-refractivity contribution in [3.05, 3.63) is 129 Å². The summed E-state index contributed by atoms with van der Waals surface area (Å²) >= 11 is 0. The van der Waals surface area contributed by atoms with Crippen LogP contribution in [0.25, 0.3) is 0 Å². The number of hydrogen-bond acceptors (Lipinski definition) is 6. The second kappa shape index (κ2) is 10.4. The Labute approximate surface area is 234 Å². The minimum atomic E-state index is -1.09. The molecule has 1 unspecified atom stereocenters. The smallest absolute Gasteiger partial charge is 0.277 e. The number of rotatable bonds is 4. The molecule has 4 aromatic rings. The van der Waals surface area contributed by atoms with Crippen molar-refractivity contribution < 1.29 is 23.0 Å². The summed E-state index contributed by atoms with van der Waals surface area (Å²) in [6.07, 6.45) is 1.12. The predicted octanol–water partition coefficient (Wildman–Crippen LogP) is 4.50. The Kier molecular flexibility index (Phi) is 6.63. The van der Waals surface area contributed by atoms with Gasteiger partial charge >= 0.3 is 0 Å². The molecule has 8 nitrogen and oxygen atoms in total. The van der Waals surface area contributed by atoms with E-state index in [1.165, 1.54) is 21.8 Å². The van der Waals surface area contributed by atoms with Gasteiger partial charge in [0.1, 0.15) is 24.6 Å². The second-order valence-electron chi connectivity index (χ2n) is 9.80. The van der Waals surface area contributed by atoms with Crippen LogP contribution >= 0.6 is 0 Å². The zero-order valence-electron chi connectivity index (χ0n) is 22.0. The molecule has 10 heteroatoms. The van der Waals surface area contributed by atoms with Gasteiger partial charge in [0, 0.05) is 37.4 Å². The minimum Gasteiger partial charge on any atom is -0.493 e. The Bertz CT molecular complexity index is 1750. The van der Waals surface area contributed by atoms with Crippen LogP contribution in [0.5, 0.6) is 11.5 Å². The summed E-state index contributed by atoms with van der Waals surface area (Å²) in [5, 5.41) is 11.8. The number of nitriles is 1.